The number of hydrogen-bond acceptors (Lipinski definition) is 1. The Bertz CT molecular complexity index is 192. The highest BCUT2D eigenvalue weighted by atomic mass is 16.2. The van der Waals surface area contributed by atoms with Crippen LogP contribution in [0.3, 0.4) is 0 Å². The molecule has 0 saturated heterocycles. The Kier molecular flexibility index (Phi) is 6.98. The van der Waals surface area contributed by atoms with E-state index in [0.717, 1.165) is 19.3 Å². The van der Waals surface area contributed by atoms with E-state index in [1.807, 2.05) is 6.08 Å². The van der Waals surface area contributed by atoms with Crippen LogP contribution >= 0.6 is 0 Å². The zero-order valence-electron chi connectivity index (χ0n) is 8.79. The maximum atomic E-state index is 11.1. The Morgan fingerprint density at radius 2 is 1.77 bits per heavy atom. The maximum absolute atomic E-state index is 11.1. The Balaban J connectivity index is 3.52. The molecule has 1 amide bonds. The lowest BCUT2D eigenvalue weighted by Gasteiger charge is -2.04. The summed E-state index contributed by atoms with van der Waals surface area (Å²) in [4.78, 5) is 12.6. The number of amides is 1. The number of carbonyl (C=O) groups excluding carboxylic acids is 1. The summed E-state index contributed by atoms with van der Waals surface area (Å²) in [6, 6.07) is 0. The van der Waals surface area contributed by atoms with Crippen molar-refractivity contribution in [1.82, 2.24) is 4.90 Å². The van der Waals surface area contributed by atoms with Crippen molar-refractivity contribution in [3.8, 4) is 0 Å². The van der Waals surface area contributed by atoms with E-state index in [2.05, 4.69) is 19.1 Å². The zero-order chi connectivity index (χ0) is 10.1. The molecule has 2 nitrogen and oxygen atoms in total. The van der Waals surface area contributed by atoms with Crippen LogP contribution in [0.4, 0.5) is 0 Å². The van der Waals surface area contributed by atoms with Crippen molar-refractivity contribution in [3.63, 3.8) is 0 Å². The lowest BCUT2D eigenvalue weighted by atomic mass is 10.2. The average molecular weight is 181 g/mol. The zero-order valence-corrected chi connectivity index (χ0v) is 8.79. The summed E-state index contributed by atoms with van der Waals surface area (Å²) in [5, 5.41) is 0. The second kappa shape index (κ2) is 7.59. The Morgan fingerprint density at radius 3 is 2.31 bits per heavy atom. The van der Waals surface area contributed by atoms with E-state index in [1.54, 1.807) is 25.1 Å². The number of carbonyl (C=O) groups is 1. The standard InChI is InChI=1S/C11H19NO/c1-4-5-6-7-8-9-10-11(13)12(2)3/h5-6,9-10H,4,7-8H2,1-3H3. The van der Waals surface area contributed by atoms with Crippen LogP contribution in [0, 0.1) is 0 Å². The van der Waals surface area contributed by atoms with Crippen molar-refractivity contribution >= 4 is 5.91 Å². The molecule has 2 heteroatoms. The van der Waals surface area contributed by atoms with Gasteiger partial charge in [-0.1, -0.05) is 25.2 Å². The molecule has 0 bridgehead atoms. The van der Waals surface area contributed by atoms with Crippen molar-refractivity contribution < 1.29 is 4.79 Å². The Labute approximate surface area is 80.9 Å². The van der Waals surface area contributed by atoms with Gasteiger partial charge in [-0.3, -0.25) is 4.79 Å². The number of likely N-dealkylation sites (N-methyl/N-ethyl adjacent to an activating group) is 1. The van der Waals surface area contributed by atoms with Crippen molar-refractivity contribution in [2.45, 2.75) is 26.2 Å². The summed E-state index contributed by atoms with van der Waals surface area (Å²) < 4.78 is 0. The predicted octanol–water partition coefficient (Wildman–Crippen LogP) is 2.38. The van der Waals surface area contributed by atoms with Crippen LogP contribution in [0.25, 0.3) is 0 Å². The molecule has 0 fully saturated rings. The van der Waals surface area contributed by atoms with Gasteiger partial charge in [-0.2, -0.15) is 0 Å². The third kappa shape index (κ3) is 7.32. The van der Waals surface area contributed by atoms with Crippen molar-refractivity contribution in [1.29, 1.82) is 0 Å². The van der Waals surface area contributed by atoms with Crippen LogP contribution in [0.2, 0.25) is 0 Å². The summed E-state index contributed by atoms with van der Waals surface area (Å²) in [6.45, 7) is 2.11. The molecular weight excluding hydrogens is 162 g/mol. The molecule has 0 saturated carbocycles. The van der Waals surface area contributed by atoms with E-state index >= 15 is 0 Å². The third-order valence-corrected chi connectivity index (χ3v) is 1.60. The quantitative estimate of drug-likeness (QED) is 0.362. The molecule has 0 unspecified atom stereocenters. The first-order valence-corrected chi connectivity index (χ1v) is 4.71. The SMILES string of the molecule is CCC=CCCC=CC(=O)N(C)C. The van der Waals surface area contributed by atoms with Gasteiger partial charge in [0, 0.05) is 14.1 Å². The first kappa shape index (κ1) is 11.9. The van der Waals surface area contributed by atoms with Crippen molar-refractivity contribution in [3.05, 3.63) is 24.3 Å². The van der Waals surface area contributed by atoms with Gasteiger partial charge in [-0.25, -0.2) is 0 Å². The fourth-order valence-corrected chi connectivity index (χ4v) is 0.810. The maximum Gasteiger partial charge on any atom is 0.245 e. The van der Waals surface area contributed by atoms with E-state index in [9.17, 15) is 4.79 Å². The lowest BCUT2D eigenvalue weighted by molar-refractivity contribution is -0.123. The third-order valence-electron chi connectivity index (χ3n) is 1.60. The van der Waals surface area contributed by atoms with Crippen LogP contribution < -0.4 is 0 Å². The molecule has 0 N–H and O–H groups in total. The molecule has 0 atom stereocenters. The van der Waals surface area contributed by atoms with E-state index in [0.29, 0.717) is 0 Å². The largest absolute Gasteiger partial charge is 0.345 e. The average Bonchev–Trinajstić information content (AvgIpc) is 2.10. The summed E-state index contributed by atoms with van der Waals surface area (Å²) in [6.07, 6.45) is 10.9. The van der Waals surface area contributed by atoms with Gasteiger partial charge in [0.25, 0.3) is 0 Å². The molecular formula is C11H19NO. The number of hydrogen-bond donors (Lipinski definition) is 0. The molecule has 0 aliphatic heterocycles. The highest BCUT2D eigenvalue weighted by molar-refractivity contribution is 5.87. The van der Waals surface area contributed by atoms with Crippen molar-refractivity contribution in [2.24, 2.45) is 0 Å². The molecule has 0 aliphatic rings. The van der Waals surface area contributed by atoms with E-state index < -0.39 is 0 Å². The van der Waals surface area contributed by atoms with E-state index in [-0.39, 0.29) is 5.91 Å². The minimum Gasteiger partial charge on any atom is -0.345 e. The number of unbranched alkanes of at least 4 members (excludes halogenated alkanes) is 1. The summed E-state index contributed by atoms with van der Waals surface area (Å²) in [5.74, 6) is 0.0551. The molecule has 0 radical (unpaired) electrons. The lowest BCUT2D eigenvalue weighted by Crippen LogP contribution is -2.18. The molecule has 0 aromatic rings. The van der Waals surface area contributed by atoms with E-state index in [1.165, 1.54) is 0 Å². The van der Waals surface area contributed by atoms with Gasteiger partial charge in [0.1, 0.15) is 0 Å². The number of rotatable bonds is 5. The minimum atomic E-state index is 0.0551. The molecule has 74 valence electrons. The summed E-state index contributed by atoms with van der Waals surface area (Å²) in [7, 11) is 3.51. The second-order valence-electron chi connectivity index (χ2n) is 3.09. The van der Waals surface area contributed by atoms with E-state index in [4.69, 9.17) is 0 Å². The Hall–Kier alpha value is -1.05. The van der Waals surface area contributed by atoms with Gasteiger partial charge < -0.3 is 4.90 Å². The van der Waals surface area contributed by atoms with Gasteiger partial charge in [-0.05, 0) is 25.3 Å². The van der Waals surface area contributed by atoms with Gasteiger partial charge in [0.15, 0.2) is 0 Å². The minimum absolute atomic E-state index is 0.0551. The normalized spacial score (nSPS) is 11.3. The van der Waals surface area contributed by atoms with Gasteiger partial charge in [-0.15, -0.1) is 0 Å². The Morgan fingerprint density at radius 1 is 1.15 bits per heavy atom. The van der Waals surface area contributed by atoms with Crippen LogP contribution in [0.5, 0.6) is 0 Å². The fourth-order valence-electron chi connectivity index (χ4n) is 0.810. The number of nitrogens with zero attached hydrogens (tertiary/aromatic N) is 1. The highest BCUT2D eigenvalue weighted by Gasteiger charge is 1.94. The molecule has 0 aliphatic carbocycles. The molecule has 0 aromatic heterocycles. The number of allylic oxidation sites excluding steroid dienone is 3. The highest BCUT2D eigenvalue weighted by Crippen LogP contribution is 1.94. The molecule has 0 rings (SSSR count). The van der Waals surface area contributed by atoms with Gasteiger partial charge in [0.05, 0.1) is 0 Å². The van der Waals surface area contributed by atoms with Crippen LogP contribution in [0.15, 0.2) is 24.3 Å². The monoisotopic (exact) mass is 181 g/mol. The van der Waals surface area contributed by atoms with Gasteiger partial charge in [0.2, 0.25) is 5.91 Å². The summed E-state index contributed by atoms with van der Waals surface area (Å²) >= 11 is 0. The topological polar surface area (TPSA) is 20.3 Å². The first-order chi connectivity index (χ1) is 6.18. The molecule has 0 spiro atoms. The second-order valence-corrected chi connectivity index (χ2v) is 3.09. The summed E-state index contributed by atoms with van der Waals surface area (Å²) in [5.41, 5.74) is 0. The van der Waals surface area contributed by atoms with Gasteiger partial charge >= 0.3 is 0 Å². The fraction of sp³-hybridized carbons (Fsp3) is 0.545. The van der Waals surface area contributed by atoms with Crippen LogP contribution in [-0.2, 0) is 4.79 Å². The smallest absolute Gasteiger partial charge is 0.245 e. The predicted molar refractivity (Wildman–Crippen MR) is 56.5 cm³/mol. The van der Waals surface area contributed by atoms with Crippen LogP contribution in [0.1, 0.15) is 26.2 Å². The molecule has 13 heavy (non-hydrogen) atoms. The first-order valence-electron chi connectivity index (χ1n) is 4.71. The molecule has 0 heterocycles. The molecule has 0 aromatic carbocycles. The van der Waals surface area contributed by atoms with Crippen LogP contribution in [-0.4, -0.2) is 24.9 Å². The van der Waals surface area contributed by atoms with Crippen molar-refractivity contribution in [2.75, 3.05) is 14.1 Å².